The zero-order valence-electron chi connectivity index (χ0n) is 10.1. The third kappa shape index (κ3) is 3.41. The highest BCUT2D eigenvalue weighted by Crippen LogP contribution is 2.18. The number of hydrogen-bond acceptors (Lipinski definition) is 2. The van der Waals surface area contributed by atoms with Crippen LogP contribution in [0.1, 0.15) is 21.6 Å². The zero-order valence-corrected chi connectivity index (χ0v) is 12.5. The van der Waals surface area contributed by atoms with E-state index in [2.05, 4.69) is 64.7 Å². The van der Waals surface area contributed by atoms with Gasteiger partial charge in [-0.15, -0.1) is 11.3 Å². The van der Waals surface area contributed by atoms with Crippen LogP contribution in [0.5, 0.6) is 0 Å². The topological polar surface area (TPSA) is 12.0 Å². The van der Waals surface area contributed by atoms with E-state index in [-0.39, 0.29) is 0 Å². The molecule has 1 aromatic carbocycles. The Morgan fingerprint density at radius 2 is 1.94 bits per heavy atom. The van der Waals surface area contributed by atoms with E-state index in [0.29, 0.717) is 0 Å². The Hall–Kier alpha value is -0.640. The van der Waals surface area contributed by atoms with Gasteiger partial charge in [0.1, 0.15) is 0 Å². The van der Waals surface area contributed by atoms with Crippen molar-refractivity contribution < 1.29 is 0 Å². The molecule has 1 nitrogen and oxygen atoms in total. The first-order chi connectivity index (χ1) is 8.16. The molecule has 2 rings (SSSR count). The van der Waals surface area contributed by atoms with Crippen LogP contribution in [0.4, 0.5) is 0 Å². The van der Waals surface area contributed by atoms with Crippen molar-refractivity contribution in [2.24, 2.45) is 0 Å². The average Bonchev–Trinajstić information content (AvgIpc) is 2.70. The summed E-state index contributed by atoms with van der Waals surface area (Å²) in [6.45, 7) is 6.17. The Morgan fingerprint density at radius 1 is 1.12 bits per heavy atom. The van der Waals surface area contributed by atoms with E-state index >= 15 is 0 Å². The Labute approximate surface area is 115 Å². The molecule has 17 heavy (non-hydrogen) atoms. The molecule has 0 fully saturated rings. The molecule has 0 bridgehead atoms. The van der Waals surface area contributed by atoms with Gasteiger partial charge in [0.15, 0.2) is 0 Å². The highest BCUT2D eigenvalue weighted by Gasteiger charge is 2.00. The van der Waals surface area contributed by atoms with Gasteiger partial charge in [0.05, 0.1) is 0 Å². The molecule has 0 saturated heterocycles. The molecule has 0 atom stereocenters. The van der Waals surface area contributed by atoms with Crippen LogP contribution in [0.25, 0.3) is 0 Å². The van der Waals surface area contributed by atoms with Gasteiger partial charge in [-0.1, -0.05) is 28.1 Å². The van der Waals surface area contributed by atoms with E-state index in [0.717, 1.165) is 13.1 Å². The second-order valence-corrected chi connectivity index (χ2v) is 6.07. The number of hydrogen-bond donors (Lipinski definition) is 1. The SMILES string of the molecule is Cc1cc(CNCc2sccc2C)ccc1Br. The van der Waals surface area contributed by atoms with Crippen molar-refractivity contribution in [2.45, 2.75) is 26.9 Å². The summed E-state index contributed by atoms with van der Waals surface area (Å²) in [7, 11) is 0. The predicted octanol–water partition coefficient (Wildman–Crippen LogP) is 4.42. The summed E-state index contributed by atoms with van der Waals surface area (Å²) in [6, 6.07) is 8.66. The van der Waals surface area contributed by atoms with Gasteiger partial charge < -0.3 is 5.32 Å². The first kappa shape index (κ1) is 12.8. The number of rotatable bonds is 4. The van der Waals surface area contributed by atoms with Crippen LogP contribution in [0.2, 0.25) is 0 Å². The number of benzene rings is 1. The van der Waals surface area contributed by atoms with Gasteiger partial charge >= 0.3 is 0 Å². The van der Waals surface area contributed by atoms with E-state index in [1.54, 1.807) is 0 Å². The molecular formula is C14H16BrNS. The van der Waals surface area contributed by atoms with Gasteiger partial charge in [-0.2, -0.15) is 0 Å². The first-order valence-corrected chi connectivity index (χ1v) is 7.33. The molecule has 1 N–H and O–H groups in total. The van der Waals surface area contributed by atoms with Crippen molar-refractivity contribution in [3.8, 4) is 0 Å². The van der Waals surface area contributed by atoms with E-state index in [4.69, 9.17) is 0 Å². The fourth-order valence-corrected chi connectivity index (χ4v) is 2.84. The summed E-state index contributed by atoms with van der Waals surface area (Å²) in [5, 5.41) is 5.64. The second-order valence-electron chi connectivity index (χ2n) is 4.21. The zero-order chi connectivity index (χ0) is 12.3. The molecule has 0 aliphatic carbocycles. The Kier molecular flexibility index (Phi) is 4.37. The van der Waals surface area contributed by atoms with Crippen LogP contribution in [-0.4, -0.2) is 0 Å². The third-order valence-electron chi connectivity index (χ3n) is 2.81. The molecule has 0 aliphatic rings. The fourth-order valence-electron chi connectivity index (χ4n) is 1.72. The molecule has 1 heterocycles. The van der Waals surface area contributed by atoms with E-state index in [9.17, 15) is 0 Å². The molecule has 0 spiro atoms. The van der Waals surface area contributed by atoms with Crippen molar-refractivity contribution in [1.29, 1.82) is 0 Å². The maximum absolute atomic E-state index is 3.52. The second kappa shape index (κ2) is 5.80. The van der Waals surface area contributed by atoms with Crippen LogP contribution in [-0.2, 0) is 13.1 Å². The number of nitrogens with one attached hydrogen (secondary N) is 1. The maximum Gasteiger partial charge on any atom is 0.0305 e. The van der Waals surface area contributed by atoms with Crippen LogP contribution in [0, 0.1) is 13.8 Å². The standard InChI is InChI=1S/C14H16BrNS/c1-10-5-6-17-14(10)9-16-8-12-3-4-13(15)11(2)7-12/h3-7,16H,8-9H2,1-2H3. The highest BCUT2D eigenvalue weighted by molar-refractivity contribution is 9.10. The minimum absolute atomic E-state index is 0.922. The van der Waals surface area contributed by atoms with E-state index < -0.39 is 0 Å². The summed E-state index contributed by atoms with van der Waals surface area (Å²) >= 11 is 5.34. The minimum atomic E-state index is 0.922. The number of thiophene rings is 1. The fraction of sp³-hybridized carbons (Fsp3) is 0.286. The van der Waals surface area contributed by atoms with Crippen LogP contribution in [0.15, 0.2) is 34.1 Å². The van der Waals surface area contributed by atoms with E-state index in [1.165, 1.54) is 26.0 Å². The molecular weight excluding hydrogens is 294 g/mol. The third-order valence-corrected chi connectivity index (χ3v) is 4.72. The highest BCUT2D eigenvalue weighted by atomic mass is 79.9. The molecule has 3 heteroatoms. The van der Waals surface area contributed by atoms with Gasteiger partial charge in [0.2, 0.25) is 0 Å². The molecule has 0 saturated carbocycles. The largest absolute Gasteiger partial charge is 0.308 e. The van der Waals surface area contributed by atoms with Crippen molar-refractivity contribution in [3.63, 3.8) is 0 Å². The molecule has 0 aliphatic heterocycles. The van der Waals surface area contributed by atoms with Gasteiger partial charge in [-0.25, -0.2) is 0 Å². The van der Waals surface area contributed by atoms with Crippen molar-refractivity contribution >= 4 is 27.3 Å². The number of halogens is 1. The summed E-state index contributed by atoms with van der Waals surface area (Å²) in [6.07, 6.45) is 0. The molecule has 1 aromatic heterocycles. The first-order valence-electron chi connectivity index (χ1n) is 5.65. The van der Waals surface area contributed by atoms with Crippen molar-refractivity contribution in [2.75, 3.05) is 0 Å². The number of aryl methyl sites for hydroxylation is 2. The molecule has 0 radical (unpaired) electrons. The normalized spacial score (nSPS) is 10.8. The van der Waals surface area contributed by atoms with Gasteiger partial charge in [-0.05, 0) is 48.1 Å². The summed E-state index contributed by atoms with van der Waals surface area (Å²) < 4.78 is 1.18. The Bertz CT molecular complexity index is 505. The lowest BCUT2D eigenvalue weighted by Crippen LogP contribution is -2.12. The quantitative estimate of drug-likeness (QED) is 0.881. The maximum atomic E-state index is 3.52. The predicted molar refractivity (Wildman–Crippen MR) is 78.5 cm³/mol. The minimum Gasteiger partial charge on any atom is -0.308 e. The van der Waals surface area contributed by atoms with Gasteiger partial charge in [-0.3, -0.25) is 0 Å². The van der Waals surface area contributed by atoms with Crippen molar-refractivity contribution in [1.82, 2.24) is 5.32 Å². The lowest BCUT2D eigenvalue weighted by molar-refractivity contribution is 0.698. The van der Waals surface area contributed by atoms with Crippen LogP contribution in [0.3, 0.4) is 0 Å². The monoisotopic (exact) mass is 309 g/mol. The van der Waals surface area contributed by atoms with Crippen LogP contribution >= 0.6 is 27.3 Å². The van der Waals surface area contributed by atoms with Gasteiger partial charge in [0.25, 0.3) is 0 Å². The van der Waals surface area contributed by atoms with Crippen molar-refractivity contribution in [3.05, 3.63) is 55.7 Å². The Morgan fingerprint density at radius 3 is 2.59 bits per heavy atom. The lowest BCUT2D eigenvalue weighted by Gasteiger charge is -2.06. The molecule has 2 aromatic rings. The summed E-state index contributed by atoms with van der Waals surface area (Å²) in [4.78, 5) is 1.43. The molecule has 0 unspecified atom stereocenters. The lowest BCUT2D eigenvalue weighted by atomic mass is 10.1. The van der Waals surface area contributed by atoms with Gasteiger partial charge in [0, 0.05) is 22.4 Å². The van der Waals surface area contributed by atoms with Crippen LogP contribution < -0.4 is 5.32 Å². The Balaban J connectivity index is 1.90. The summed E-state index contributed by atoms with van der Waals surface area (Å²) in [5.74, 6) is 0. The molecule has 90 valence electrons. The summed E-state index contributed by atoms with van der Waals surface area (Å²) in [5.41, 5.74) is 4.01. The molecule has 0 amide bonds. The smallest absolute Gasteiger partial charge is 0.0305 e. The van der Waals surface area contributed by atoms with E-state index in [1.807, 2.05) is 11.3 Å². The average molecular weight is 310 g/mol.